The zero-order valence-corrected chi connectivity index (χ0v) is 17.5. The van der Waals surface area contributed by atoms with Crippen LogP contribution in [0.4, 0.5) is 0 Å². The average molecular weight is 385 g/mol. The van der Waals surface area contributed by atoms with Gasteiger partial charge in [0.2, 0.25) is 0 Å². The first-order valence-electron chi connectivity index (χ1n) is 10.2. The minimum Gasteiger partial charge on any atom is -0.491 e. The van der Waals surface area contributed by atoms with E-state index in [1.165, 1.54) is 24.8 Å². The average Bonchev–Trinajstić information content (AvgIpc) is 2.89. The Morgan fingerprint density at radius 3 is 2.79 bits per heavy atom. The van der Waals surface area contributed by atoms with Gasteiger partial charge in [0.15, 0.2) is 11.8 Å². The Bertz CT molecular complexity index is 811. The predicted octanol–water partition coefficient (Wildman–Crippen LogP) is 2.97. The van der Waals surface area contributed by atoms with Crippen molar-refractivity contribution in [3.63, 3.8) is 0 Å². The molecule has 1 aliphatic heterocycles. The number of nitrogens with one attached hydrogen (secondary N) is 2. The van der Waals surface area contributed by atoms with Crippen LogP contribution in [0.1, 0.15) is 55.9 Å². The van der Waals surface area contributed by atoms with E-state index in [0.29, 0.717) is 13.1 Å². The third kappa shape index (κ3) is 5.24. The monoisotopic (exact) mass is 384 g/mol. The Morgan fingerprint density at radius 1 is 1.18 bits per heavy atom. The number of fused-ring (bicyclic) bond motifs is 1. The van der Waals surface area contributed by atoms with Crippen molar-refractivity contribution in [2.24, 2.45) is 4.99 Å². The normalized spacial score (nSPS) is 14.5. The lowest BCUT2D eigenvalue weighted by atomic mass is 10.1. The van der Waals surface area contributed by atoms with Crippen molar-refractivity contribution < 1.29 is 4.74 Å². The molecule has 0 saturated carbocycles. The molecular weight excluding hydrogens is 352 g/mol. The molecule has 0 atom stereocenters. The molecule has 3 rings (SSSR count). The van der Waals surface area contributed by atoms with Crippen molar-refractivity contribution >= 4 is 5.96 Å². The van der Waals surface area contributed by atoms with E-state index >= 15 is 0 Å². The third-order valence-corrected chi connectivity index (χ3v) is 4.86. The molecule has 1 aromatic heterocycles. The van der Waals surface area contributed by atoms with Crippen molar-refractivity contribution in [2.75, 3.05) is 7.05 Å². The number of aryl methyl sites for hydroxylation is 2. The molecule has 7 nitrogen and oxygen atoms in total. The maximum atomic E-state index is 5.96. The van der Waals surface area contributed by atoms with Crippen LogP contribution in [-0.4, -0.2) is 33.9 Å². The molecule has 7 heteroatoms. The van der Waals surface area contributed by atoms with Gasteiger partial charge < -0.3 is 19.9 Å². The molecule has 152 valence electrons. The fourth-order valence-electron chi connectivity index (χ4n) is 3.41. The highest BCUT2D eigenvalue weighted by atomic mass is 16.5. The lowest BCUT2D eigenvalue weighted by Gasteiger charge is -2.17. The second-order valence-corrected chi connectivity index (χ2v) is 7.55. The van der Waals surface area contributed by atoms with Crippen LogP contribution in [0.3, 0.4) is 0 Å². The van der Waals surface area contributed by atoms with Crippen molar-refractivity contribution in [2.45, 2.75) is 72.2 Å². The smallest absolute Gasteiger partial charge is 0.191 e. The van der Waals surface area contributed by atoms with E-state index in [9.17, 15) is 0 Å². The summed E-state index contributed by atoms with van der Waals surface area (Å²) >= 11 is 0. The summed E-state index contributed by atoms with van der Waals surface area (Å²) in [7, 11) is 1.78. The number of nitrogens with zero attached hydrogens (tertiary/aromatic N) is 4. The lowest BCUT2D eigenvalue weighted by Crippen LogP contribution is -2.37. The molecule has 1 aliphatic rings. The van der Waals surface area contributed by atoms with Gasteiger partial charge in [-0.2, -0.15) is 0 Å². The van der Waals surface area contributed by atoms with Gasteiger partial charge in [-0.1, -0.05) is 18.6 Å². The van der Waals surface area contributed by atoms with Crippen LogP contribution in [0.2, 0.25) is 0 Å². The zero-order chi connectivity index (χ0) is 19.9. The second kappa shape index (κ2) is 9.57. The zero-order valence-electron chi connectivity index (χ0n) is 17.5. The molecule has 28 heavy (non-hydrogen) atoms. The first kappa shape index (κ1) is 20.2. The summed E-state index contributed by atoms with van der Waals surface area (Å²) in [5, 5.41) is 15.5. The largest absolute Gasteiger partial charge is 0.491 e. The van der Waals surface area contributed by atoms with Crippen molar-refractivity contribution in [1.29, 1.82) is 0 Å². The molecule has 2 N–H and O–H groups in total. The maximum absolute atomic E-state index is 5.96. The van der Waals surface area contributed by atoms with Gasteiger partial charge in [-0.05, 0) is 45.2 Å². The fraction of sp³-hybridized carbons (Fsp3) is 0.571. The summed E-state index contributed by atoms with van der Waals surface area (Å²) < 4.78 is 8.21. The lowest BCUT2D eigenvalue weighted by molar-refractivity contribution is 0.239. The van der Waals surface area contributed by atoms with Crippen molar-refractivity contribution in [3.8, 4) is 5.75 Å². The summed E-state index contributed by atoms with van der Waals surface area (Å²) in [5.74, 6) is 3.73. The standard InChI is InChI=1S/C21H32N6O/c1-15(2)28-18-12-16(3)9-10-17(18)13-23-21(22-4)24-14-20-26-25-19-8-6-5-7-11-27(19)20/h9-10,12,15H,5-8,11,13-14H2,1-4H3,(H2,22,23,24). The number of hydrogen-bond donors (Lipinski definition) is 2. The van der Waals surface area contributed by atoms with Gasteiger partial charge in [-0.15, -0.1) is 10.2 Å². The molecule has 0 aliphatic carbocycles. The Hall–Kier alpha value is -2.57. The highest BCUT2D eigenvalue weighted by Gasteiger charge is 2.15. The maximum Gasteiger partial charge on any atom is 0.191 e. The highest BCUT2D eigenvalue weighted by molar-refractivity contribution is 5.79. The van der Waals surface area contributed by atoms with Gasteiger partial charge >= 0.3 is 0 Å². The van der Waals surface area contributed by atoms with Crippen LogP contribution in [-0.2, 0) is 26.1 Å². The first-order chi connectivity index (χ1) is 13.6. The molecule has 0 saturated heterocycles. The van der Waals surface area contributed by atoms with E-state index in [1.807, 2.05) is 13.8 Å². The van der Waals surface area contributed by atoms with Gasteiger partial charge in [0.05, 0.1) is 12.6 Å². The number of aromatic nitrogens is 3. The van der Waals surface area contributed by atoms with E-state index in [-0.39, 0.29) is 6.10 Å². The van der Waals surface area contributed by atoms with E-state index < -0.39 is 0 Å². The predicted molar refractivity (Wildman–Crippen MR) is 112 cm³/mol. The molecule has 0 unspecified atom stereocenters. The number of rotatable bonds is 6. The van der Waals surface area contributed by atoms with Crippen LogP contribution < -0.4 is 15.4 Å². The molecule has 2 heterocycles. The molecule has 2 aromatic rings. The van der Waals surface area contributed by atoms with Crippen molar-refractivity contribution in [1.82, 2.24) is 25.4 Å². The van der Waals surface area contributed by atoms with Gasteiger partial charge in [-0.25, -0.2) is 0 Å². The van der Waals surface area contributed by atoms with Gasteiger partial charge in [0, 0.05) is 32.1 Å². The Kier molecular flexibility index (Phi) is 6.90. The van der Waals surface area contributed by atoms with Crippen LogP contribution in [0.5, 0.6) is 5.75 Å². The van der Waals surface area contributed by atoms with Gasteiger partial charge in [0.25, 0.3) is 0 Å². The number of guanidine groups is 1. The quantitative estimate of drug-likeness (QED) is 0.591. The molecule has 1 aromatic carbocycles. The molecule has 0 radical (unpaired) electrons. The Labute approximate surface area is 167 Å². The van der Waals surface area contributed by atoms with Gasteiger partial charge in [-0.3, -0.25) is 4.99 Å². The van der Waals surface area contributed by atoms with Crippen molar-refractivity contribution in [3.05, 3.63) is 41.0 Å². The summed E-state index contributed by atoms with van der Waals surface area (Å²) in [6, 6.07) is 6.29. The van der Waals surface area contributed by atoms with E-state index in [1.54, 1.807) is 7.05 Å². The SMILES string of the molecule is CN=C(NCc1ccc(C)cc1OC(C)C)NCc1nnc2n1CCCCC2. The number of hydrogen-bond acceptors (Lipinski definition) is 4. The summed E-state index contributed by atoms with van der Waals surface area (Å²) in [6.07, 6.45) is 4.81. The van der Waals surface area contributed by atoms with Gasteiger partial charge in [0.1, 0.15) is 11.6 Å². The number of benzene rings is 1. The molecule has 0 amide bonds. The first-order valence-corrected chi connectivity index (χ1v) is 10.2. The van der Waals surface area contributed by atoms with E-state index in [2.05, 4.69) is 55.5 Å². The minimum absolute atomic E-state index is 0.140. The van der Waals surface area contributed by atoms with Crippen LogP contribution >= 0.6 is 0 Å². The highest BCUT2D eigenvalue weighted by Crippen LogP contribution is 2.21. The molecular formula is C21H32N6O. The van der Waals surface area contributed by atoms with Crippen LogP contribution in [0.25, 0.3) is 0 Å². The Balaban J connectivity index is 1.60. The second-order valence-electron chi connectivity index (χ2n) is 7.55. The minimum atomic E-state index is 0.140. The Morgan fingerprint density at radius 2 is 2.00 bits per heavy atom. The van der Waals surface area contributed by atoms with Crippen LogP contribution in [0, 0.1) is 6.92 Å². The summed E-state index contributed by atoms with van der Waals surface area (Å²) in [5.41, 5.74) is 2.30. The third-order valence-electron chi connectivity index (χ3n) is 4.86. The number of ether oxygens (including phenoxy) is 1. The topological polar surface area (TPSA) is 76.4 Å². The molecule has 0 fully saturated rings. The summed E-state index contributed by atoms with van der Waals surface area (Å²) in [6.45, 7) is 8.41. The molecule has 0 spiro atoms. The van der Waals surface area contributed by atoms with E-state index in [4.69, 9.17) is 4.74 Å². The fourth-order valence-corrected chi connectivity index (χ4v) is 3.41. The van der Waals surface area contributed by atoms with Crippen LogP contribution in [0.15, 0.2) is 23.2 Å². The molecule has 0 bridgehead atoms. The van der Waals surface area contributed by atoms with E-state index in [0.717, 1.165) is 41.9 Å². The number of aliphatic imine (C=N–C) groups is 1. The summed E-state index contributed by atoms with van der Waals surface area (Å²) in [4.78, 5) is 4.34.